The third-order valence-corrected chi connectivity index (χ3v) is 6.92. The van der Waals surface area contributed by atoms with Gasteiger partial charge in [-0.1, -0.05) is 30.3 Å². The van der Waals surface area contributed by atoms with Gasteiger partial charge in [-0.05, 0) is 47.4 Å². The van der Waals surface area contributed by atoms with Crippen LogP contribution in [0.1, 0.15) is 21.5 Å². The lowest BCUT2D eigenvalue weighted by atomic mass is 10.0. The molecule has 176 valence electrons. The Labute approximate surface area is 206 Å². The highest BCUT2D eigenvalue weighted by atomic mass is 32.1. The number of allylic oxidation sites excluding steroid dienone is 1. The quantitative estimate of drug-likeness (QED) is 0.248. The minimum atomic E-state index is -1.10. The van der Waals surface area contributed by atoms with E-state index in [2.05, 4.69) is 12.1 Å². The summed E-state index contributed by atoms with van der Waals surface area (Å²) in [6, 6.07) is 19.1. The van der Waals surface area contributed by atoms with Crippen molar-refractivity contribution in [2.45, 2.75) is 6.42 Å². The van der Waals surface area contributed by atoms with Gasteiger partial charge >= 0.3 is 5.97 Å². The average Bonchev–Trinajstić information content (AvgIpc) is 3.52. The minimum absolute atomic E-state index is 0.188. The van der Waals surface area contributed by atoms with Crippen LogP contribution in [0.4, 0.5) is 0 Å². The van der Waals surface area contributed by atoms with Crippen LogP contribution in [0.25, 0.3) is 26.6 Å². The lowest BCUT2D eigenvalue weighted by Crippen LogP contribution is -2.10. The Balaban J connectivity index is 1.53. The van der Waals surface area contributed by atoms with Crippen molar-refractivity contribution in [3.63, 3.8) is 0 Å². The Morgan fingerprint density at radius 1 is 1.09 bits per heavy atom. The number of thiophene rings is 1. The zero-order chi connectivity index (χ0) is 24.4. The predicted octanol–water partition coefficient (Wildman–Crippen LogP) is 5.87. The van der Waals surface area contributed by atoms with Gasteiger partial charge in [-0.3, -0.25) is 4.79 Å². The van der Waals surface area contributed by atoms with Crippen molar-refractivity contribution < 1.29 is 28.9 Å². The summed E-state index contributed by atoms with van der Waals surface area (Å²) in [7, 11) is 1.56. The first-order valence-electron chi connectivity index (χ1n) is 11.1. The van der Waals surface area contributed by atoms with Crippen LogP contribution in [0.15, 0.2) is 66.7 Å². The molecule has 0 fully saturated rings. The lowest BCUT2D eigenvalue weighted by molar-refractivity contribution is -0.139. The summed E-state index contributed by atoms with van der Waals surface area (Å²) in [5.41, 5.74) is 3.02. The molecule has 0 saturated carbocycles. The highest BCUT2D eigenvalue weighted by molar-refractivity contribution is 7.22. The minimum Gasteiger partial charge on any atom is -0.496 e. The average molecular weight is 487 g/mol. The topological polar surface area (TPSA) is 82.1 Å². The number of aliphatic carboxylic acids is 1. The normalized spacial score (nSPS) is 12.5. The van der Waals surface area contributed by atoms with E-state index < -0.39 is 12.6 Å². The van der Waals surface area contributed by atoms with E-state index in [1.165, 1.54) is 6.08 Å². The van der Waals surface area contributed by atoms with Gasteiger partial charge in [0.1, 0.15) is 17.2 Å². The SMILES string of the molecule is COc1cc(OCC(=O)O)c(/C=C/C(=O)c2ccc3c(c2)OCC3)cc1-c1cc2ccccc2s1. The van der Waals surface area contributed by atoms with E-state index in [9.17, 15) is 9.59 Å². The molecule has 5 rings (SSSR count). The van der Waals surface area contributed by atoms with Crippen molar-refractivity contribution in [1.82, 2.24) is 0 Å². The smallest absolute Gasteiger partial charge is 0.341 e. The van der Waals surface area contributed by atoms with Gasteiger partial charge in [0, 0.05) is 38.8 Å². The maximum absolute atomic E-state index is 12.9. The lowest BCUT2D eigenvalue weighted by Gasteiger charge is -2.13. The van der Waals surface area contributed by atoms with E-state index in [0.717, 1.165) is 38.3 Å². The number of carboxylic acids is 1. The highest BCUT2D eigenvalue weighted by Crippen LogP contribution is 2.42. The Bertz CT molecular complexity index is 1430. The number of hydrogen-bond acceptors (Lipinski definition) is 6. The van der Waals surface area contributed by atoms with Gasteiger partial charge in [-0.2, -0.15) is 0 Å². The molecule has 0 amide bonds. The maximum atomic E-state index is 12.9. The molecule has 35 heavy (non-hydrogen) atoms. The van der Waals surface area contributed by atoms with Crippen molar-refractivity contribution in [3.8, 4) is 27.7 Å². The molecule has 0 aliphatic carbocycles. The molecule has 0 saturated heterocycles. The van der Waals surface area contributed by atoms with Gasteiger partial charge in [0.05, 0.1) is 13.7 Å². The van der Waals surface area contributed by atoms with Crippen LogP contribution in [0.2, 0.25) is 0 Å². The number of benzene rings is 3. The first kappa shape index (κ1) is 22.7. The third-order valence-electron chi connectivity index (χ3n) is 5.77. The van der Waals surface area contributed by atoms with Crippen LogP contribution < -0.4 is 14.2 Å². The molecule has 0 spiro atoms. The first-order valence-corrected chi connectivity index (χ1v) is 11.9. The van der Waals surface area contributed by atoms with E-state index >= 15 is 0 Å². The van der Waals surface area contributed by atoms with Gasteiger partial charge in [0.2, 0.25) is 0 Å². The first-order chi connectivity index (χ1) is 17.0. The van der Waals surface area contributed by atoms with E-state index in [-0.39, 0.29) is 5.78 Å². The number of carbonyl (C=O) groups is 2. The van der Waals surface area contributed by atoms with Crippen LogP contribution in [-0.4, -0.2) is 37.2 Å². The molecule has 1 aromatic heterocycles. The third kappa shape index (κ3) is 4.76. The number of carbonyl (C=O) groups excluding carboxylic acids is 1. The van der Waals surface area contributed by atoms with Crippen molar-refractivity contribution in [2.75, 3.05) is 20.3 Å². The number of ketones is 1. The molecule has 0 radical (unpaired) electrons. The zero-order valence-electron chi connectivity index (χ0n) is 18.9. The molecule has 7 heteroatoms. The number of hydrogen-bond donors (Lipinski definition) is 1. The molecule has 0 atom stereocenters. The molecule has 3 aromatic carbocycles. The van der Waals surface area contributed by atoms with Crippen molar-refractivity contribution in [1.29, 1.82) is 0 Å². The van der Waals surface area contributed by atoms with Gasteiger partial charge < -0.3 is 19.3 Å². The standard InChI is InChI=1S/C28H22O6S/c1-32-25-15-24(34-16-28(30)31)19(12-21(25)27-14-20-4-2-3-5-26(20)35-27)8-9-22(29)18-7-6-17-10-11-33-23(17)13-18/h2-9,12-15H,10-11,16H2,1H3,(H,30,31)/b9-8+. The van der Waals surface area contributed by atoms with Crippen molar-refractivity contribution in [3.05, 3.63) is 83.4 Å². The molecule has 1 aliphatic heterocycles. The number of fused-ring (bicyclic) bond motifs is 2. The summed E-state index contributed by atoms with van der Waals surface area (Å²) in [6.07, 6.45) is 3.95. The fourth-order valence-electron chi connectivity index (χ4n) is 4.03. The van der Waals surface area contributed by atoms with Gasteiger partial charge in [0.15, 0.2) is 12.4 Å². The molecule has 1 N–H and O–H groups in total. The fraction of sp³-hybridized carbons (Fsp3) is 0.143. The molecule has 0 unspecified atom stereocenters. The molecule has 0 bridgehead atoms. The molecule has 6 nitrogen and oxygen atoms in total. The molecule has 2 heterocycles. The number of methoxy groups -OCH3 is 1. The van der Waals surface area contributed by atoms with Crippen molar-refractivity contribution in [2.24, 2.45) is 0 Å². The van der Waals surface area contributed by atoms with Gasteiger partial charge in [-0.25, -0.2) is 4.79 Å². The summed E-state index contributed by atoms with van der Waals surface area (Å²) < 4.78 is 17.9. The van der Waals surface area contributed by atoms with Crippen LogP contribution >= 0.6 is 11.3 Å². The van der Waals surface area contributed by atoms with Crippen LogP contribution in [0.5, 0.6) is 17.2 Å². The van der Waals surface area contributed by atoms with Crippen LogP contribution in [0.3, 0.4) is 0 Å². The van der Waals surface area contributed by atoms with E-state index in [1.54, 1.807) is 42.7 Å². The monoisotopic (exact) mass is 486 g/mol. The molecular formula is C28H22O6S. The highest BCUT2D eigenvalue weighted by Gasteiger charge is 2.17. The molecule has 1 aliphatic rings. The van der Waals surface area contributed by atoms with E-state index in [0.29, 0.717) is 29.2 Å². The summed E-state index contributed by atoms with van der Waals surface area (Å²) in [5.74, 6) is 0.325. The summed E-state index contributed by atoms with van der Waals surface area (Å²) in [4.78, 5) is 25.0. The fourth-order valence-corrected chi connectivity index (χ4v) is 5.11. The van der Waals surface area contributed by atoms with Crippen LogP contribution in [0, 0.1) is 0 Å². The second kappa shape index (κ2) is 9.64. The zero-order valence-corrected chi connectivity index (χ0v) is 19.8. The number of carboxylic acid groups (broad SMARTS) is 1. The Morgan fingerprint density at radius 3 is 2.74 bits per heavy atom. The predicted molar refractivity (Wildman–Crippen MR) is 136 cm³/mol. The van der Waals surface area contributed by atoms with E-state index in [4.69, 9.17) is 19.3 Å². The summed E-state index contributed by atoms with van der Waals surface area (Å²) >= 11 is 1.63. The van der Waals surface area contributed by atoms with Crippen LogP contribution in [-0.2, 0) is 11.2 Å². The Morgan fingerprint density at radius 2 is 1.94 bits per heavy atom. The van der Waals surface area contributed by atoms with E-state index in [1.807, 2.05) is 30.3 Å². The maximum Gasteiger partial charge on any atom is 0.341 e. The summed E-state index contributed by atoms with van der Waals surface area (Å²) in [6.45, 7) is 0.113. The van der Waals surface area contributed by atoms with Gasteiger partial charge in [0.25, 0.3) is 0 Å². The Kier molecular flexibility index (Phi) is 6.25. The summed E-state index contributed by atoms with van der Waals surface area (Å²) in [5, 5.41) is 10.2. The van der Waals surface area contributed by atoms with Gasteiger partial charge in [-0.15, -0.1) is 11.3 Å². The largest absolute Gasteiger partial charge is 0.496 e. The number of rotatable bonds is 8. The molecular weight excluding hydrogens is 464 g/mol. The second-order valence-corrected chi connectivity index (χ2v) is 9.12. The van der Waals surface area contributed by atoms with Crippen molar-refractivity contribution >= 4 is 39.3 Å². The Hall–Kier alpha value is -4.10. The molecule has 4 aromatic rings. The second-order valence-electron chi connectivity index (χ2n) is 8.04. The number of ether oxygens (including phenoxy) is 3.